The van der Waals surface area contributed by atoms with E-state index >= 15 is 0 Å². The van der Waals surface area contributed by atoms with Crippen LogP contribution >= 0.6 is 0 Å². The molecule has 2 atom stereocenters. The molecule has 1 saturated heterocycles. The summed E-state index contributed by atoms with van der Waals surface area (Å²) in [4.78, 5) is 12.4. The van der Waals surface area contributed by atoms with E-state index in [2.05, 4.69) is 0 Å². The summed E-state index contributed by atoms with van der Waals surface area (Å²) in [5.74, 6) is -0.437. The predicted octanol–water partition coefficient (Wildman–Crippen LogP) is 2.90. The Labute approximate surface area is 131 Å². The average Bonchev–Trinajstić information content (AvgIpc) is 3.15. The zero-order chi connectivity index (χ0) is 15.6. The zero-order valence-electron chi connectivity index (χ0n) is 12.6. The lowest BCUT2D eigenvalue weighted by molar-refractivity contribution is -0.156. The molecule has 0 amide bonds. The second-order valence-corrected chi connectivity index (χ2v) is 8.64. The van der Waals surface area contributed by atoms with Gasteiger partial charge in [-0.1, -0.05) is 43.2 Å². The second kappa shape index (κ2) is 6.41. The standard InChI is InChI=1S/C17H22O4S/c18-17(15-10-11-22(19,20)12-15)21-16(14-8-4-5-9-14)13-6-2-1-3-7-13/h1-3,6-7,14-16H,4-5,8-12H2/t15-,16+/m0/s1. The van der Waals surface area contributed by atoms with Crippen LogP contribution in [0.1, 0.15) is 43.8 Å². The van der Waals surface area contributed by atoms with Gasteiger partial charge in [0.05, 0.1) is 17.4 Å². The molecule has 0 radical (unpaired) electrons. The number of carbonyl (C=O) groups is 1. The van der Waals surface area contributed by atoms with Crippen LogP contribution in [0, 0.1) is 11.8 Å². The molecule has 0 unspecified atom stereocenters. The number of benzene rings is 1. The lowest BCUT2D eigenvalue weighted by Gasteiger charge is -2.25. The summed E-state index contributed by atoms with van der Waals surface area (Å²) >= 11 is 0. The molecule has 4 nitrogen and oxygen atoms in total. The fourth-order valence-corrected chi connectivity index (χ4v) is 5.27. The van der Waals surface area contributed by atoms with E-state index in [9.17, 15) is 13.2 Å². The van der Waals surface area contributed by atoms with Crippen LogP contribution in [0.15, 0.2) is 30.3 Å². The molecule has 0 spiro atoms. The highest BCUT2D eigenvalue weighted by Crippen LogP contribution is 2.39. The highest BCUT2D eigenvalue weighted by atomic mass is 32.2. The van der Waals surface area contributed by atoms with E-state index in [1.54, 1.807) is 0 Å². The molecule has 2 aliphatic rings. The van der Waals surface area contributed by atoms with Gasteiger partial charge in [0.2, 0.25) is 0 Å². The highest BCUT2D eigenvalue weighted by molar-refractivity contribution is 7.91. The summed E-state index contributed by atoms with van der Waals surface area (Å²) in [6.07, 6.45) is 4.63. The summed E-state index contributed by atoms with van der Waals surface area (Å²) in [7, 11) is -3.06. The van der Waals surface area contributed by atoms with Gasteiger partial charge in [-0.05, 0) is 24.8 Å². The lowest BCUT2D eigenvalue weighted by atomic mass is 9.94. The van der Waals surface area contributed by atoms with E-state index in [0.29, 0.717) is 12.3 Å². The molecule has 0 bridgehead atoms. The van der Waals surface area contributed by atoms with Gasteiger partial charge in [0.15, 0.2) is 9.84 Å². The van der Waals surface area contributed by atoms with Crippen LogP contribution in [0.3, 0.4) is 0 Å². The normalized spacial score (nSPS) is 25.9. The SMILES string of the molecule is O=C(O[C@H](c1ccccc1)C1CCCC1)[C@H]1CCS(=O)(=O)C1. The van der Waals surface area contributed by atoms with Crippen molar-refractivity contribution in [1.82, 2.24) is 0 Å². The Morgan fingerprint density at radius 3 is 2.36 bits per heavy atom. The number of ether oxygens (including phenoxy) is 1. The smallest absolute Gasteiger partial charge is 0.310 e. The Bertz CT molecular complexity index is 617. The van der Waals surface area contributed by atoms with Crippen molar-refractivity contribution in [2.45, 2.75) is 38.2 Å². The van der Waals surface area contributed by atoms with Crippen LogP contribution in [0.2, 0.25) is 0 Å². The third-order valence-corrected chi connectivity index (χ3v) is 6.53. The van der Waals surface area contributed by atoms with Gasteiger partial charge in [-0.15, -0.1) is 0 Å². The van der Waals surface area contributed by atoms with Gasteiger partial charge in [-0.2, -0.15) is 0 Å². The summed E-state index contributed by atoms with van der Waals surface area (Å²) in [6, 6.07) is 9.82. The molecule has 0 N–H and O–H groups in total. The van der Waals surface area contributed by atoms with Crippen molar-refractivity contribution in [3.8, 4) is 0 Å². The van der Waals surface area contributed by atoms with E-state index in [1.807, 2.05) is 30.3 Å². The molecule has 1 saturated carbocycles. The van der Waals surface area contributed by atoms with Crippen molar-refractivity contribution in [3.05, 3.63) is 35.9 Å². The van der Waals surface area contributed by atoms with Gasteiger partial charge >= 0.3 is 5.97 Å². The molecular weight excluding hydrogens is 300 g/mol. The summed E-state index contributed by atoms with van der Waals surface area (Å²) < 4.78 is 28.9. The van der Waals surface area contributed by atoms with Crippen molar-refractivity contribution >= 4 is 15.8 Å². The first-order valence-corrected chi connectivity index (χ1v) is 9.83. The van der Waals surface area contributed by atoms with E-state index in [-0.39, 0.29) is 23.6 Å². The van der Waals surface area contributed by atoms with Crippen LogP contribution in [0.25, 0.3) is 0 Å². The molecule has 2 fully saturated rings. The Balaban J connectivity index is 1.74. The highest BCUT2D eigenvalue weighted by Gasteiger charge is 2.37. The fraction of sp³-hybridized carbons (Fsp3) is 0.588. The Morgan fingerprint density at radius 1 is 1.09 bits per heavy atom. The van der Waals surface area contributed by atoms with E-state index in [1.165, 1.54) is 12.8 Å². The maximum atomic E-state index is 12.4. The molecule has 3 rings (SSSR count). The average molecular weight is 322 g/mol. The summed E-state index contributed by atoms with van der Waals surface area (Å²) in [5.41, 5.74) is 1.02. The Morgan fingerprint density at radius 2 is 1.77 bits per heavy atom. The second-order valence-electron chi connectivity index (χ2n) is 6.41. The molecule has 1 heterocycles. The molecule has 120 valence electrons. The number of sulfone groups is 1. The van der Waals surface area contributed by atoms with Gasteiger partial charge in [0, 0.05) is 5.92 Å². The molecule has 5 heteroatoms. The third-order valence-electron chi connectivity index (χ3n) is 4.76. The van der Waals surface area contributed by atoms with Crippen molar-refractivity contribution in [2.75, 3.05) is 11.5 Å². The fourth-order valence-electron chi connectivity index (χ4n) is 3.54. The van der Waals surface area contributed by atoms with Gasteiger partial charge in [-0.25, -0.2) is 8.42 Å². The van der Waals surface area contributed by atoms with Crippen molar-refractivity contribution in [3.63, 3.8) is 0 Å². The third kappa shape index (κ3) is 3.51. The van der Waals surface area contributed by atoms with E-state index < -0.39 is 15.8 Å². The minimum atomic E-state index is -3.06. The monoisotopic (exact) mass is 322 g/mol. The van der Waals surface area contributed by atoms with E-state index in [4.69, 9.17) is 4.74 Å². The maximum absolute atomic E-state index is 12.4. The number of rotatable bonds is 4. The minimum absolute atomic E-state index is 0.0575. The van der Waals surface area contributed by atoms with Crippen molar-refractivity contribution in [2.24, 2.45) is 11.8 Å². The van der Waals surface area contributed by atoms with Crippen LogP contribution in [0.4, 0.5) is 0 Å². The maximum Gasteiger partial charge on any atom is 0.310 e. The zero-order valence-corrected chi connectivity index (χ0v) is 13.4. The molecule has 22 heavy (non-hydrogen) atoms. The Hall–Kier alpha value is -1.36. The topological polar surface area (TPSA) is 60.4 Å². The molecule has 1 aliphatic heterocycles. The molecular formula is C17H22O4S. The number of carbonyl (C=O) groups excluding carboxylic acids is 1. The lowest BCUT2D eigenvalue weighted by Crippen LogP contribution is -2.24. The molecule has 1 aromatic rings. The number of hydrogen-bond donors (Lipinski definition) is 0. The van der Waals surface area contributed by atoms with Crippen LogP contribution in [-0.2, 0) is 19.4 Å². The van der Waals surface area contributed by atoms with Gasteiger partial charge in [-0.3, -0.25) is 4.79 Å². The first-order chi connectivity index (χ1) is 10.6. The number of esters is 1. The quantitative estimate of drug-likeness (QED) is 0.800. The molecule has 0 aromatic heterocycles. The van der Waals surface area contributed by atoms with Crippen LogP contribution in [-0.4, -0.2) is 25.9 Å². The Kier molecular flexibility index (Phi) is 4.52. The first kappa shape index (κ1) is 15.5. The largest absolute Gasteiger partial charge is 0.457 e. The summed E-state index contributed by atoms with van der Waals surface area (Å²) in [6.45, 7) is 0. The minimum Gasteiger partial charge on any atom is -0.457 e. The van der Waals surface area contributed by atoms with E-state index in [0.717, 1.165) is 18.4 Å². The van der Waals surface area contributed by atoms with Gasteiger partial charge in [0.25, 0.3) is 0 Å². The van der Waals surface area contributed by atoms with Crippen LogP contribution < -0.4 is 0 Å². The van der Waals surface area contributed by atoms with Crippen LogP contribution in [0.5, 0.6) is 0 Å². The van der Waals surface area contributed by atoms with Gasteiger partial charge < -0.3 is 4.74 Å². The van der Waals surface area contributed by atoms with Crippen molar-refractivity contribution in [1.29, 1.82) is 0 Å². The molecule has 1 aromatic carbocycles. The summed E-state index contributed by atoms with van der Waals surface area (Å²) in [5, 5.41) is 0. The molecule has 1 aliphatic carbocycles. The number of hydrogen-bond acceptors (Lipinski definition) is 4. The van der Waals surface area contributed by atoms with Crippen molar-refractivity contribution < 1.29 is 17.9 Å². The first-order valence-electron chi connectivity index (χ1n) is 8.01. The van der Waals surface area contributed by atoms with Gasteiger partial charge in [0.1, 0.15) is 6.10 Å². The predicted molar refractivity (Wildman–Crippen MR) is 84.0 cm³/mol.